The molecular formula is C22H37N5S. The first kappa shape index (κ1) is 21.5. The SMILES string of the molecule is CCC1CN(C(=NC)NCc2ccc(CN3CCCN(C)CC3)cc2)CCS1. The van der Waals surface area contributed by atoms with Crippen LogP contribution in [0.4, 0.5) is 0 Å². The van der Waals surface area contributed by atoms with E-state index < -0.39 is 0 Å². The minimum Gasteiger partial charge on any atom is -0.352 e. The molecule has 0 spiro atoms. The smallest absolute Gasteiger partial charge is 0.193 e. The number of likely N-dealkylation sites (N-methyl/N-ethyl adjacent to an activating group) is 1. The van der Waals surface area contributed by atoms with Gasteiger partial charge in [-0.3, -0.25) is 9.89 Å². The van der Waals surface area contributed by atoms with E-state index in [9.17, 15) is 0 Å². The Morgan fingerprint density at radius 3 is 2.64 bits per heavy atom. The fraction of sp³-hybridized carbons (Fsp3) is 0.682. The Morgan fingerprint density at radius 1 is 1.11 bits per heavy atom. The molecule has 3 rings (SSSR count). The van der Waals surface area contributed by atoms with Gasteiger partial charge in [-0.1, -0.05) is 31.2 Å². The average molecular weight is 404 g/mol. The van der Waals surface area contributed by atoms with Gasteiger partial charge in [-0.05, 0) is 44.1 Å². The fourth-order valence-corrected chi connectivity index (χ4v) is 5.13. The maximum atomic E-state index is 4.52. The number of hydrogen-bond donors (Lipinski definition) is 1. The third kappa shape index (κ3) is 6.39. The molecule has 2 fully saturated rings. The maximum Gasteiger partial charge on any atom is 0.193 e. The highest BCUT2D eigenvalue weighted by Crippen LogP contribution is 2.21. The van der Waals surface area contributed by atoms with Gasteiger partial charge in [-0.25, -0.2) is 0 Å². The van der Waals surface area contributed by atoms with Crippen LogP contribution < -0.4 is 5.32 Å². The predicted octanol–water partition coefficient (Wildman–Crippen LogP) is 2.73. The van der Waals surface area contributed by atoms with Crippen LogP contribution in [0.1, 0.15) is 30.9 Å². The molecule has 0 saturated carbocycles. The van der Waals surface area contributed by atoms with E-state index in [4.69, 9.17) is 0 Å². The van der Waals surface area contributed by atoms with E-state index in [-0.39, 0.29) is 0 Å². The Morgan fingerprint density at radius 2 is 1.89 bits per heavy atom. The van der Waals surface area contributed by atoms with Crippen LogP contribution in [-0.4, -0.2) is 85.0 Å². The zero-order valence-corrected chi connectivity index (χ0v) is 18.7. The Balaban J connectivity index is 1.48. The van der Waals surface area contributed by atoms with Crippen molar-refractivity contribution in [2.24, 2.45) is 4.99 Å². The highest BCUT2D eigenvalue weighted by Gasteiger charge is 2.21. The highest BCUT2D eigenvalue weighted by molar-refractivity contribution is 8.00. The summed E-state index contributed by atoms with van der Waals surface area (Å²) in [5, 5.41) is 4.29. The number of nitrogens with zero attached hydrogens (tertiary/aromatic N) is 4. The Labute approximate surface area is 175 Å². The number of aliphatic imine (C=N–C) groups is 1. The van der Waals surface area contributed by atoms with Crippen molar-refractivity contribution in [1.29, 1.82) is 0 Å². The van der Waals surface area contributed by atoms with Gasteiger partial charge in [0.2, 0.25) is 0 Å². The second kappa shape index (κ2) is 11.1. The third-order valence-corrected chi connectivity index (χ3v) is 7.17. The molecule has 0 bridgehead atoms. The molecule has 1 unspecified atom stereocenters. The van der Waals surface area contributed by atoms with Gasteiger partial charge < -0.3 is 15.1 Å². The molecular weight excluding hydrogens is 366 g/mol. The Kier molecular flexibility index (Phi) is 8.49. The van der Waals surface area contributed by atoms with Crippen LogP contribution in [0.5, 0.6) is 0 Å². The fourth-order valence-electron chi connectivity index (χ4n) is 3.95. The highest BCUT2D eigenvalue weighted by atomic mass is 32.2. The van der Waals surface area contributed by atoms with Crippen molar-refractivity contribution in [1.82, 2.24) is 20.0 Å². The minimum atomic E-state index is 0.727. The number of thioether (sulfide) groups is 1. The number of rotatable bonds is 5. The van der Waals surface area contributed by atoms with Crippen LogP contribution in [0.3, 0.4) is 0 Å². The molecule has 2 heterocycles. The van der Waals surface area contributed by atoms with Gasteiger partial charge in [0, 0.05) is 57.3 Å². The molecule has 0 radical (unpaired) electrons. The van der Waals surface area contributed by atoms with Gasteiger partial charge in [0.1, 0.15) is 0 Å². The molecule has 6 heteroatoms. The molecule has 2 aliphatic rings. The third-order valence-electron chi connectivity index (χ3n) is 5.80. The molecule has 1 N–H and O–H groups in total. The first-order valence-corrected chi connectivity index (χ1v) is 11.8. The van der Waals surface area contributed by atoms with Crippen LogP contribution in [0.2, 0.25) is 0 Å². The normalized spacial score (nSPS) is 22.9. The summed E-state index contributed by atoms with van der Waals surface area (Å²) in [6.07, 6.45) is 2.50. The lowest BCUT2D eigenvalue weighted by atomic mass is 10.1. The van der Waals surface area contributed by atoms with Crippen molar-refractivity contribution in [3.05, 3.63) is 35.4 Å². The molecule has 1 aromatic carbocycles. The van der Waals surface area contributed by atoms with Crippen LogP contribution in [0.15, 0.2) is 29.3 Å². The Hall–Kier alpha value is -1.24. The lowest BCUT2D eigenvalue weighted by molar-refractivity contribution is 0.269. The number of hydrogen-bond acceptors (Lipinski definition) is 4. The minimum absolute atomic E-state index is 0.727. The molecule has 156 valence electrons. The molecule has 0 aliphatic carbocycles. The molecule has 0 aromatic heterocycles. The quantitative estimate of drug-likeness (QED) is 0.604. The summed E-state index contributed by atoms with van der Waals surface area (Å²) in [6, 6.07) is 9.11. The zero-order valence-electron chi connectivity index (χ0n) is 17.9. The van der Waals surface area contributed by atoms with Crippen molar-refractivity contribution >= 4 is 17.7 Å². The standard InChI is InChI=1S/C22H37N5S/c1-4-21-18-27(14-15-28-21)22(23-2)24-16-19-6-8-20(9-7-19)17-26-11-5-10-25(3)12-13-26/h6-9,21H,4-5,10-18H2,1-3H3,(H,23,24). The summed E-state index contributed by atoms with van der Waals surface area (Å²) >= 11 is 2.10. The molecule has 5 nitrogen and oxygen atoms in total. The summed E-state index contributed by atoms with van der Waals surface area (Å²) in [5.74, 6) is 2.23. The number of guanidine groups is 1. The monoisotopic (exact) mass is 403 g/mol. The molecule has 1 atom stereocenters. The van der Waals surface area contributed by atoms with E-state index in [1.165, 1.54) is 55.9 Å². The van der Waals surface area contributed by atoms with E-state index in [2.05, 4.69) is 75.0 Å². The summed E-state index contributed by atoms with van der Waals surface area (Å²) < 4.78 is 0. The van der Waals surface area contributed by atoms with Gasteiger partial charge in [-0.2, -0.15) is 11.8 Å². The van der Waals surface area contributed by atoms with Gasteiger partial charge in [0.15, 0.2) is 5.96 Å². The van der Waals surface area contributed by atoms with Crippen LogP contribution in [0.25, 0.3) is 0 Å². The van der Waals surface area contributed by atoms with E-state index in [0.717, 1.165) is 37.4 Å². The van der Waals surface area contributed by atoms with Crippen molar-refractivity contribution in [2.75, 3.05) is 59.1 Å². The molecule has 28 heavy (non-hydrogen) atoms. The first-order valence-electron chi connectivity index (χ1n) is 10.7. The van der Waals surface area contributed by atoms with E-state index in [1.54, 1.807) is 0 Å². The zero-order chi connectivity index (χ0) is 19.8. The summed E-state index contributed by atoms with van der Waals surface area (Å²) in [5.41, 5.74) is 2.73. The molecule has 2 saturated heterocycles. The van der Waals surface area contributed by atoms with Crippen molar-refractivity contribution in [3.8, 4) is 0 Å². The first-order chi connectivity index (χ1) is 13.7. The van der Waals surface area contributed by atoms with Crippen molar-refractivity contribution in [2.45, 2.75) is 38.1 Å². The summed E-state index contributed by atoms with van der Waals surface area (Å²) in [7, 11) is 4.12. The van der Waals surface area contributed by atoms with E-state index in [0.29, 0.717) is 0 Å². The maximum absolute atomic E-state index is 4.52. The molecule has 2 aliphatic heterocycles. The topological polar surface area (TPSA) is 34.1 Å². The predicted molar refractivity (Wildman–Crippen MR) is 122 cm³/mol. The number of benzene rings is 1. The lowest BCUT2D eigenvalue weighted by Gasteiger charge is -2.34. The Bertz CT molecular complexity index is 618. The van der Waals surface area contributed by atoms with Gasteiger partial charge in [0.05, 0.1) is 0 Å². The number of nitrogens with one attached hydrogen (secondary N) is 1. The lowest BCUT2D eigenvalue weighted by Crippen LogP contribution is -2.47. The van der Waals surface area contributed by atoms with Gasteiger partial charge in [0.25, 0.3) is 0 Å². The second-order valence-corrected chi connectivity index (χ2v) is 9.41. The van der Waals surface area contributed by atoms with E-state index >= 15 is 0 Å². The average Bonchev–Trinajstić information content (AvgIpc) is 2.94. The molecule has 1 aromatic rings. The van der Waals surface area contributed by atoms with Crippen LogP contribution in [-0.2, 0) is 13.1 Å². The van der Waals surface area contributed by atoms with Crippen molar-refractivity contribution < 1.29 is 0 Å². The summed E-state index contributed by atoms with van der Waals surface area (Å²) in [6.45, 7) is 11.1. The largest absolute Gasteiger partial charge is 0.352 e. The molecule has 0 amide bonds. The van der Waals surface area contributed by atoms with E-state index in [1.807, 2.05) is 7.05 Å². The summed E-state index contributed by atoms with van der Waals surface area (Å²) in [4.78, 5) is 11.9. The van der Waals surface area contributed by atoms with Crippen molar-refractivity contribution in [3.63, 3.8) is 0 Å². The van der Waals surface area contributed by atoms with Crippen LogP contribution >= 0.6 is 11.8 Å². The van der Waals surface area contributed by atoms with Gasteiger partial charge >= 0.3 is 0 Å². The second-order valence-electron chi connectivity index (χ2n) is 8.00. The van der Waals surface area contributed by atoms with Gasteiger partial charge in [-0.15, -0.1) is 0 Å². The van der Waals surface area contributed by atoms with Crippen LogP contribution in [0, 0.1) is 0 Å².